The molecular formula is C16H16N4O. The fraction of sp³-hybridized carbons (Fsp3) is 0.188. The zero-order valence-electron chi connectivity index (χ0n) is 12.0. The van der Waals surface area contributed by atoms with Gasteiger partial charge < -0.3 is 10.3 Å². The summed E-state index contributed by atoms with van der Waals surface area (Å²) < 4.78 is 5.28. The van der Waals surface area contributed by atoms with Gasteiger partial charge in [-0.15, -0.1) is 0 Å². The molecule has 0 saturated heterocycles. The Bertz CT molecular complexity index is 759. The van der Waals surface area contributed by atoms with Crippen molar-refractivity contribution in [2.45, 2.75) is 20.3 Å². The molecular weight excluding hydrogens is 264 g/mol. The van der Waals surface area contributed by atoms with Crippen molar-refractivity contribution in [2.24, 2.45) is 0 Å². The van der Waals surface area contributed by atoms with Crippen molar-refractivity contribution in [3.8, 4) is 11.5 Å². The van der Waals surface area contributed by atoms with Gasteiger partial charge in [0.05, 0.1) is 11.3 Å². The maximum Gasteiger partial charge on any atom is 0.259 e. The van der Waals surface area contributed by atoms with Gasteiger partial charge in [-0.05, 0) is 25.5 Å². The number of benzene rings is 1. The molecule has 2 heterocycles. The molecule has 0 spiro atoms. The van der Waals surface area contributed by atoms with E-state index in [0.717, 1.165) is 5.56 Å². The Labute approximate surface area is 122 Å². The van der Waals surface area contributed by atoms with Crippen LogP contribution >= 0.6 is 0 Å². The summed E-state index contributed by atoms with van der Waals surface area (Å²) in [7, 11) is 0. The lowest BCUT2D eigenvalue weighted by Gasteiger charge is -2.01. The van der Waals surface area contributed by atoms with Crippen molar-refractivity contribution >= 4 is 5.69 Å². The molecule has 5 heteroatoms. The summed E-state index contributed by atoms with van der Waals surface area (Å²) in [4.78, 5) is 8.43. The van der Waals surface area contributed by atoms with Gasteiger partial charge in [0.15, 0.2) is 5.82 Å². The largest absolute Gasteiger partial charge is 0.397 e. The minimum Gasteiger partial charge on any atom is -0.397 e. The van der Waals surface area contributed by atoms with Gasteiger partial charge in [0.2, 0.25) is 0 Å². The number of hydrogen-bond acceptors (Lipinski definition) is 5. The molecule has 0 bridgehead atoms. The van der Waals surface area contributed by atoms with E-state index in [0.29, 0.717) is 23.8 Å². The minimum absolute atomic E-state index is 0.439. The summed E-state index contributed by atoms with van der Waals surface area (Å²) >= 11 is 0. The van der Waals surface area contributed by atoms with Crippen molar-refractivity contribution in [3.63, 3.8) is 0 Å². The van der Waals surface area contributed by atoms with E-state index in [1.165, 1.54) is 16.7 Å². The van der Waals surface area contributed by atoms with E-state index in [1.807, 2.05) is 0 Å². The van der Waals surface area contributed by atoms with Gasteiger partial charge in [-0.25, -0.2) is 0 Å². The number of aromatic nitrogens is 3. The molecule has 0 aliphatic carbocycles. The predicted molar refractivity (Wildman–Crippen MR) is 80.7 cm³/mol. The van der Waals surface area contributed by atoms with E-state index in [1.54, 1.807) is 18.5 Å². The molecule has 0 atom stereocenters. The number of hydrogen-bond donors (Lipinski definition) is 1. The average molecular weight is 280 g/mol. The molecule has 21 heavy (non-hydrogen) atoms. The van der Waals surface area contributed by atoms with Gasteiger partial charge in [-0.3, -0.25) is 4.98 Å². The lowest BCUT2D eigenvalue weighted by Crippen LogP contribution is -1.93. The molecule has 5 nitrogen and oxygen atoms in total. The fourth-order valence-corrected chi connectivity index (χ4v) is 2.37. The smallest absolute Gasteiger partial charge is 0.259 e. The minimum atomic E-state index is 0.439. The van der Waals surface area contributed by atoms with Crippen LogP contribution in [0.4, 0.5) is 5.69 Å². The topological polar surface area (TPSA) is 77.8 Å². The monoisotopic (exact) mass is 280 g/mol. The zero-order valence-corrected chi connectivity index (χ0v) is 12.0. The van der Waals surface area contributed by atoms with E-state index in [-0.39, 0.29) is 0 Å². The highest BCUT2D eigenvalue weighted by atomic mass is 16.5. The van der Waals surface area contributed by atoms with Gasteiger partial charge in [0.25, 0.3) is 5.89 Å². The SMILES string of the molecule is Cc1cc(C)cc(Cc2noc(-c3cncc(N)c3)n2)c1. The van der Waals surface area contributed by atoms with Crippen LogP contribution in [0.1, 0.15) is 22.5 Å². The summed E-state index contributed by atoms with van der Waals surface area (Å²) in [5.74, 6) is 1.09. The first-order valence-electron chi connectivity index (χ1n) is 6.71. The molecule has 2 aromatic heterocycles. The van der Waals surface area contributed by atoms with Gasteiger partial charge in [0, 0.05) is 18.8 Å². The van der Waals surface area contributed by atoms with Crippen LogP contribution in [0.5, 0.6) is 0 Å². The molecule has 1 aromatic carbocycles. The highest BCUT2D eigenvalue weighted by Gasteiger charge is 2.10. The molecule has 0 fully saturated rings. The molecule has 0 aliphatic heterocycles. The van der Waals surface area contributed by atoms with Crippen LogP contribution in [0.15, 0.2) is 41.2 Å². The second-order valence-electron chi connectivity index (χ2n) is 5.20. The molecule has 0 aliphatic rings. The normalized spacial score (nSPS) is 10.8. The summed E-state index contributed by atoms with van der Waals surface area (Å²) in [6.07, 6.45) is 3.88. The molecule has 106 valence electrons. The maximum absolute atomic E-state index is 5.71. The van der Waals surface area contributed by atoms with E-state index >= 15 is 0 Å². The second-order valence-corrected chi connectivity index (χ2v) is 5.20. The third-order valence-corrected chi connectivity index (χ3v) is 3.12. The molecule has 3 aromatic rings. The van der Waals surface area contributed by atoms with Crippen LogP contribution in [0.25, 0.3) is 11.5 Å². The standard InChI is InChI=1S/C16H16N4O/c1-10-3-11(2)5-12(4-10)6-15-19-16(21-20-15)13-7-14(17)9-18-8-13/h3-5,7-9H,6,17H2,1-2H3. The first-order valence-corrected chi connectivity index (χ1v) is 6.71. The first kappa shape index (κ1) is 13.3. The van der Waals surface area contributed by atoms with Crippen LogP contribution in [0, 0.1) is 13.8 Å². The Kier molecular flexibility index (Phi) is 3.39. The Balaban J connectivity index is 1.85. The number of rotatable bonds is 3. The van der Waals surface area contributed by atoms with Gasteiger partial charge in [-0.1, -0.05) is 34.5 Å². The maximum atomic E-state index is 5.71. The van der Waals surface area contributed by atoms with Crippen molar-refractivity contribution in [1.29, 1.82) is 0 Å². The number of anilines is 1. The van der Waals surface area contributed by atoms with Crippen molar-refractivity contribution in [3.05, 3.63) is 59.2 Å². The lowest BCUT2D eigenvalue weighted by atomic mass is 10.1. The fourth-order valence-electron chi connectivity index (χ4n) is 2.37. The third-order valence-electron chi connectivity index (χ3n) is 3.12. The Morgan fingerprint density at radius 3 is 2.52 bits per heavy atom. The third kappa shape index (κ3) is 3.08. The number of nitrogens with zero attached hydrogens (tertiary/aromatic N) is 3. The summed E-state index contributed by atoms with van der Waals surface area (Å²) in [5, 5.41) is 4.02. The highest BCUT2D eigenvalue weighted by molar-refractivity contribution is 5.57. The van der Waals surface area contributed by atoms with Crippen molar-refractivity contribution in [2.75, 3.05) is 5.73 Å². The first-order chi connectivity index (χ1) is 10.1. The van der Waals surface area contributed by atoms with Gasteiger partial charge in [0.1, 0.15) is 0 Å². The van der Waals surface area contributed by atoms with Crippen LogP contribution in [0.2, 0.25) is 0 Å². The summed E-state index contributed by atoms with van der Waals surface area (Å²) in [5.41, 5.74) is 10.6. The number of aryl methyl sites for hydroxylation is 2. The van der Waals surface area contributed by atoms with Crippen LogP contribution in [-0.2, 0) is 6.42 Å². The van der Waals surface area contributed by atoms with E-state index in [2.05, 4.69) is 47.2 Å². The molecule has 3 rings (SSSR count). The second kappa shape index (κ2) is 5.36. The van der Waals surface area contributed by atoms with Gasteiger partial charge >= 0.3 is 0 Å². The average Bonchev–Trinajstić information content (AvgIpc) is 2.86. The molecule has 0 radical (unpaired) electrons. The van der Waals surface area contributed by atoms with Crippen molar-refractivity contribution < 1.29 is 4.52 Å². The molecule has 0 unspecified atom stereocenters. The highest BCUT2D eigenvalue weighted by Crippen LogP contribution is 2.19. The number of nitrogens with two attached hydrogens (primary N) is 1. The summed E-state index contributed by atoms with van der Waals surface area (Å²) in [6, 6.07) is 8.17. The molecule has 0 amide bonds. The van der Waals surface area contributed by atoms with Gasteiger partial charge in [-0.2, -0.15) is 4.98 Å². The molecule has 2 N–H and O–H groups in total. The van der Waals surface area contributed by atoms with Crippen LogP contribution in [0.3, 0.4) is 0 Å². The predicted octanol–water partition coefficient (Wildman–Crippen LogP) is 2.92. The molecule has 0 saturated carbocycles. The quantitative estimate of drug-likeness (QED) is 0.798. The van der Waals surface area contributed by atoms with Crippen LogP contribution < -0.4 is 5.73 Å². The Morgan fingerprint density at radius 2 is 1.81 bits per heavy atom. The van der Waals surface area contributed by atoms with Crippen molar-refractivity contribution in [1.82, 2.24) is 15.1 Å². The van der Waals surface area contributed by atoms with Crippen LogP contribution in [-0.4, -0.2) is 15.1 Å². The Morgan fingerprint density at radius 1 is 1.05 bits per heavy atom. The van der Waals surface area contributed by atoms with E-state index in [4.69, 9.17) is 10.3 Å². The van der Waals surface area contributed by atoms with E-state index < -0.39 is 0 Å². The zero-order chi connectivity index (χ0) is 14.8. The Hall–Kier alpha value is -2.69. The summed E-state index contributed by atoms with van der Waals surface area (Å²) in [6.45, 7) is 4.16. The number of nitrogen functional groups attached to an aromatic ring is 1. The number of pyridine rings is 1. The lowest BCUT2D eigenvalue weighted by molar-refractivity contribution is 0.424. The van der Waals surface area contributed by atoms with E-state index in [9.17, 15) is 0 Å².